The van der Waals surface area contributed by atoms with E-state index in [9.17, 15) is 14.7 Å². The topological polar surface area (TPSA) is 96.5 Å². The number of amides is 3. The Hall–Kier alpha value is -2.97. The predicted octanol–water partition coefficient (Wildman–Crippen LogP) is 3.72. The number of carbonyl (C=O) groups excluding carboxylic acids is 2. The smallest absolute Gasteiger partial charge is 0.326 e. The molecule has 0 saturated heterocycles. The van der Waals surface area contributed by atoms with E-state index in [1.165, 1.54) is 22.7 Å². The van der Waals surface area contributed by atoms with E-state index < -0.39 is 11.9 Å². The number of aliphatic hydroxyl groups is 1. The number of imide groups is 1. The quantitative estimate of drug-likeness (QED) is 0.531. The van der Waals surface area contributed by atoms with Crippen LogP contribution in [0, 0.1) is 0 Å². The Morgan fingerprint density at radius 3 is 2.68 bits per heavy atom. The predicted molar refractivity (Wildman–Crippen MR) is 98.4 cm³/mol. The molecule has 8 heteroatoms. The zero-order valence-electron chi connectivity index (χ0n) is 12.7. The normalized spacial score (nSPS) is 15.4. The van der Waals surface area contributed by atoms with E-state index in [4.69, 9.17) is 5.73 Å². The number of thiazole rings is 1. The summed E-state index contributed by atoms with van der Waals surface area (Å²) in [6.45, 7) is 0. The molecule has 0 aliphatic carbocycles. The van der Waals surface area contributed by atoms with Crippen molar-refractivity contribution in [1.82, 2.24) is 4.98 Å². The zero-order valence-corrected chi connectivity index (χ0v) is 14.3. The van der Waals surface area contributed by atoms with Crippen LogP contribution in [0.4, 0.5) is 10.5 Å². The summed E-state index contributed by atoms with van der Waals surface area (Å²) >= 11 is 2.76. The monoisotopic (exact) mass is 369 g/mol. The molecule has 6 nitrogen and oxygen atoms in total. The standard InChI is InChI=1S/C17H11N3O3S2/c18-17(23)20-11-4-3-9(15-19-5-7-25-15)8-10(11)13(16(20)22)14(21)12-2-1-6-24-12/h1-8,21H,(H2,18,23)/b14-13+. The second kappa shape index (κ2) is 5.83. The van der Waals surface area contributed by atoms with E-state index in [1.54, 1.807) is 41.9 Å². The van der Waals surface area contributed by atoms with Crippen molar-refractivity contribution < 1.29 is 14.7 Å². The molecule has 1 aromatic carbocycles. The SMILES string of the molecule is NC(=O)N1C(=O)/C(=C(/O)c2cccs2)c2cc(-c3nccs3)ccc21. The number of aromatic nitrogens is 1. The van der Waals surface area contributed by atoms with Crippen LogP contribution in [0.25, 0.3) is 21.9 Å². The molecule has 0 radical (unpaired) electrons. The van der Waals surface area contributed by atoms with Gasteiger partial charge in [-0.15, -0.1) is 22.7 Å². The number of fused-ring (bicyclic) bond motifs is 1. The Balaban J connectivity index is 1.96. The molecule has 0 fully saturated rings. The number of benzene rings is 1. The lowest BCUT2D eigenvalue weighted by atomic mass is 10.0. The number of hydrogen-bond donors (Lipinski definition) is 2. The fraction of sp³-hybridized carbons (Fsp3) is 0. The van der Waals surface area contributed by atoms with Crippen molar-refractivity contribution in [2.24, 2.45) is 5.73 Å². The molecule has 0 bridgehead atoms. The average molecular weight is 369 g/mol. The van der Waals surface area contributed by atoms with E-state index in [2.05, 4.69) is 4.98 Å². The van der Waals surface area contributed by atoms with Crippen LogP contribution >= 0.6 is 22.7 Å². The van der Waals surface area contributed by atoms with Gasteiger partial charge in [0.25, 0.3) is 5.91 Å². The maximum atomic E-state index is 12.7. The Morgan fingerprint density at radius 2 is 2.04 bits per heavy atom. The lowest BCUT2D eigenvalue weighted by Crippen LogP contribution is -2.37. The maximum Gasteiger partial charge on any atom is 0.326 e. The largest absolute Gasteiger partial charge is 0.506 e. The van der Waals surface area contributed by atoms with Gasteiger partial charge in [-0.25, -0.2) is 14.7 Å². The van der Waals surface area contributed by atoms with Crippen LogP contribution in [0.1, 0.15) is 10.4 Å². The Bertz CT molecular complexity index is 1010. The number of primary amides is 1. The Kier molecular flexibility index (Phi) is 3.63. The molecule has 3 N–H and O–H groups in total. The summed E-state index contributed by atoms with van der Waals surface area (Å²) in [5.41, 5.74) is 7.05. The van der Waals surface area contributed by atoms with Gasteiger partial charge in [-0.1, -0.05) is 6.07 Å². The van der Waals surface area contributed by atoms with Crippen LogP contribution in [0.3, 0.4) is 0 Å². The fourth-order valence-corrected chi connectivity index (χ4v) is 4.06. The van der Waals surface area contributed by atoms with Crippen LogP contribution in [-0.2, 0) is 4.79 Å². The molecule has 25 heavy (non-hydrogen) atoms. The lowest BCUT2D eigenvalue weighted by molar-refractivity contribution is -0.112. The Morgan fingerprint density at radius 1 is 1.20 bits per heavy atom. The minimum Gasteiger partial charge on any atom is -0.506 e. The lowest BCUT2D eigenvalue weighted by Gasteiger charge is -2.11. The molecule has 2 aromatic heterocycles. The number of thiophene rings is 1. The first-order valence-corrected chi connectivity index (χ1v) is 8.99. The van der Waals surface area contributed by atoms with Crippen LogP contribution in [0.15, 0.2) is 47.3 Å². The number of aliphatic hydroxyl groups excluding tert-OH is 1. The summed E-state index contributed by atoms with van der Waals surface area (Å²) < 4.78 is 0. The van der Waals surface area contributed by atoms with Gasteiger partial charge >= 0.3 is 6.03 Å². The second-order valence-corrected chi connectivity index (χ2v) is 7.09. The summed E-state index contributed by atoms with van der Waals surface area (Å²) in [6.07, 6.45) is 1.69. The van der Waals surface area contributed by atoms with E-state index >= 15 is 0 Å². The maximum absolute atomic E-state index is 12.7. The first kappa shape index (κ1) is 15.6. The molecule has 1 aliphatic heterocycles. The molecular formula is C17H11N3O3S2. The third-order valence-corrected chi connectivity index (χ3v) is 5.51. The zero-order chi connectivity index (χ0) is 17.6. The highest BCUT2D eigenvalue weighted by Crippen LogP contribution is 2.42. The molecule has 0 atom stereocenters. The molecule has 0 unspecified atom stereocenters. The summed E-state index contributed by atoms with van der Waals surface area (Å²) in [5.74, 6) is -0.800. The van der Waals surface area contributed by atoms with Gasteiger partial charge in [0.05, 0.1) is 16.1 Å². The molecule has 3 heterocycles. The van der Waals surface area contributed by atoms with Gasteiger partial charge in [-0.2, -0.15) is 0 Å². The molecule has 124 valence electrons. The Labute approximate surface area is 150 Å². The van der Waals surface area contributed by atoms with Crippen molar-refractivity contribution in [3.63, 3.8) is 0 Å². The van der Waals surface area contributed by atoms with Crippen LogP contribution in [0.5, 0.6) is 0 Å². The van der Waals surface area contributed by atoms with E-state index in [1.807, 2.05) is 5.38 Å². The molecule has 0 saturated carbocycles. The first-order chi connectivity index (χ1) is 12.1. The van der Waals surface area contributed by atoms with Gasteiger partial charge in [0, 0.05) is 22.7 Å². The van der Waals surface area contributed by atoms with Crippen LogP contribution in [0.2, 0.25) is 0 Å². The van der Waals surface area contributed by atoms with Crippen molar-refractivity contribution >= 4 is 51.6 Å². The highest BCUT2D eigenvalue weighted by molar-refractivity contribution is 7.13. The summed E-state index contributed by atoms with van der Waals surface area (Å²) in [4.78, 5) is 30.2. The summed E-state index contributed by atoms with van der Waals surface area (Å²) in [5, 5.41) is 15.1. The molecular weight excluding hydrogens is 358 g/mol. The number of nitrogens with zero attached hydrogens (tertiary/aromatic N) is 2. The van der Waals surface area contributed by atoms with Gasteiger partial charge in [-0.3, -0.25) is 4.79 Å². The summed E-state index contributed by atoms with van der Waals surface area (Å²) in [7, 11) is 0. The number of rotatable bonds is 2. The van der Waals surface area contributed by atoms with Crippen molar-refractivity contribution in [3.05, 3.63) is 57.7 Å². The highest BCUT2D eigenvalue weighted by Gasteiger charge is 2.38. The van der Waals surface area contributed by atoms with Crippen LogP contribution < -0.4 is 10.6 Å². The van der Waals surface area contributed by atoms with Gasteiger partial charge in [0.2, 0.25) is 0 Å². The second-order valence-electron chi connectivity index (χ2n) is 5.25. The molecule has 3 aromatic rings. The minimum atomic E-state index is -0.887. The average Bonchev–Trinajstić information content (AvgIpc) is 3.33. The number of hydrogen-bond acceptors (Lipinski definition) is 6. The van der Waals surface area contributed by atoms with Gasteiger partial charge in [0.1, 0.15) is 10.8 Å². The summed E-state index contributed by atoms with van der Waals surface area (Å²) in [6, 6.07) is 7.75. The van der Waals surface area contributed by atoms with Gasteiger partial charge in [-0.05, 0) is 29.6 Å². The molecule has 3 amide bonds. The van der Waals surface area contributed by atoms with E-state index in [-0.39, 0.29) is 11.3 Å². The van der Waals surface area contributed by atoms with E-state index in [0.717, 1.165) is 15.5 Å². The minimum absolute atomic E-state index is 0.0645. The van der Waals surface area contributed by atoms with Gasteiger partial charge < -0.3 is 10.8 Å². The van der Waals surface area contributed by atoms with Crippen molar-refractivity contribution in [1.29, 1.82) is 0 Å². The fourth-order valence-electron chi connectivity index (χ4n) is 2.75. The highest BCUT2D eigenvalue weighted by atomic mass is 32.1. The van der Waals surface area contributed by atoms with Crippen molar-refractivity contribution in [2.75, 3.05) is 4.90 Å². The number of carbonyl (C=O) groups is 2. The van der Waals surface area contributed by atoms with Crippen molar-refractivity contribution in [3.8, 4) is 10.6 Å². The first-order valence-electron chi connectivity index (χ1n) is 7.23. The molecule has 4 rings (SSSR count). The van der Waals surface area contributed by atoms with E-state index in [0.29, 0.717) is 16.1 Å². The molecule has 1 aliphatic rings. The number of nitrogens with two attached hydrogens (primary N) is 1. The third-order valence-electron chi connectivity index (χ3n) is 3.81. The number of urea groups is 1. The third kappa shape index (κ3) is 2.43. The number of anilines is 1. The van der Waals surface area contributed by atoms with Crippen molar-refractivity contribution in [2.45, 2.75) is 0 Å². The van der Waals surface area contributed by atoms with Gasteiger partial charge in [0.15, 0.2) is 0 Å². The molecule has 0 spiro atoms. The van der Waals surface area contributed by atoms with Crippen LogP contribution in [-0.4, -0.2) is 22.0 Å².